The molecule has 1 aromatic carbocycles. The van der Waals surface area contributed by atoms with Crippen LogP contribution in [0.3, 0.4) is 0 Å². The zero-order valence-corrected chi connectivity index (χ0v) is 15.1. The van der Waals surface area contributed by atoms with Gasteiger partial charge >= 0.3 is 0 Å². The van der Waals surface area contributed by atoms with Gasteiger partial charge in [-0.2, -0.15) is 0 Å². The van der Waals surface area contributed by atoms with E-state index in [2.05, 4.69) is 14.9 Å². The zero-order chi connectivity index (χ0) is 18.8. The second-order valence-electron chi connectivity index (χ2n) is 6.58. The molecule has 1 aliphatic heterocycles. The molecule has 0 N–H and O–H groups in total. The molecule has 0 aliphatic carbocycles. The standard InChI is InChI=1S/C19H21F2N5O/c1-24-5-4-22-19(24)18-17(15-3-2-14(20)12-16(15)21)23-13-26(18)7-6-25-8-10-27-11-9-25/h2-5,12-13H,6-11H2,1H3. The molecule has 1 fully saturated rings. The third-order valence-electron chi connectivity index (χ3n) is 4.82. The lowest BCUT2D eigenvalue weighted by molar-refractivity contribution is 0.0364. The summed E-state index contributed by atoms with van der Waals surface area (Å²) in [5.74, 6) is -0.557. The van der Waals surface area contributed by atoms with Crippen LogP contribution in [0, 0.1) is 11.6 Å². The van der Waals surface area contributed by atoms with Crippen molar-refractivity contribution in [1.82, 2.24) is 24.0 Å². The molecule has 1 saturated heterocycles. The van der Waals surface area contributed by atoms with Crippen LogP contribution in [0.5, 0.6) is 0 Å². The number of halogens is 2. The van der Waals surface area contributed by atoms with E-state index in [-0.39, 0.29) is 5.56 Å². The van der Waals surface area contributed by atoms with Crippen LogP contribution in [0.1, 0.15) is 0 Å². The van der Waals surface area contributed by atoms with E-state index in [1.54, 1.807) is 12.5 Å². The minimum absolute atomic E-state index is 0.263. The predicted octanol–water partition coefficient (Wildman–Crippen LogP) is 2.56. The average Bonchev–Trinajstić information content (AvgIpc) is 3.26. The summed E-state index contributed by atoms with van der Waals surface area (Å²) in [5, 5.41) is 0. The maximum atomic E-state index is 14.4. The molecule has 0 atom stereocenters. The summed E-state index contributed by atoms with van der Waals surface area (Å²) in [4.78, 5) is 11.2. The van der Waals surface area contributed by atoms with Gasteiger partial charge in [-0.1, -0.05) is 0 Å². The molecule has 6 nitrogen and oxygen atoms in total. The number of morpholine rings is 1. The lowest BCUT2D eigenvalue weighted by Crippen LogP contribution is -2.38. The summed E-state index contributed by atoms with van der Waals surface area (Å²) in [6.45, 7) is 4.79. The first-order valence-electron chi connectivity index (χ1n) is 8.92. The van der Waals surface area contributed by atoms with Crippen LogP contribution in [0.15, 0.2) is 36.9 Å². The second-order valence-corrected chi connectivity index (χ2v) is 6.58. The topological polar surface area (TPSA) is 48.1 Å². The fraction of sp³-hybridized carbons (Fsp3) is 0.368. The van der Waals surface area contributed by atoms with Gasteiger partial charge in [0, 0.05) is 57.3 Å². The molecule has 142 valence electrons. The molecule has 4 rings (SSSR count). The molecule has 3 aromatic rings. The van der Waals surface area contributed by atoms with Gasteiger partial charge in [-0.25, -0.2) is 18.7 Å². The number of nitrogens with zero attached hydrogens (tertiary/aromatic N) is 5. The van der Waals surface area contributed by atoms with E-state index < -0.39 is 11.6 Å². The molecule has 8 heteroatoms. The maximum Gasteiger partial charge on any atom is 0.158 e. The minimum atomic E-state index is -0.635. The Balaban J connectivity index is 1.71. The molecular formula is C19H21F2N5O. The number of imidazole rings is 2. The molecule has 1 aliphatic rings. The monoisotopic (exact) mass is 373 g/mol. The molecule has 0 bridgehead atoms. The fourth-order valence-corrected chi connectivity index (χ4v) is 3.33. The quantitative estimate of drug-likeness (QED) is 0.690. The van der Waals surface area contributed by atoms with Gasteiger partial charge in [-0.05, 0) is 12.1 Å². The van der Waals surface area contributed by atoms with Crippen LogP contribution in [0.25, 0.3) is 22.8 Å². The normalized spacial score (nSPS) is 15.4. The molecule has 27 heavy (non-hydrogen) atoms. The van der Waals surface area contributed by atoms with Crippen molar-refractivity contribution in [1.29, 1.82) is 0 Å². The maximum absolute atomic E-state index is 14.4. The average molecular weight is 373 g/mol. The summed E-state index contributed by atoms with van der Waals surface area (Å²) in [6, 6.07) is 3.55. The van der Waals surface area contributed by atoms with E-state index in [9.17, 15) is 8.78 Å². The number of benzene rings is 1. The Labute approximate surface area is 156 Å². The van der Waals surface area contributed by atoms with Crippen molar-refractivity contribution in [2.45, 2.75) is 6.54 Å². The summed E-state index contributed by atoms with van der Waals surface area (Å²) in [6.07, 6.45) is 5.22. The molecule has 0 unspecified atom stereocenters. The highest BCUT2D eigenvalue weighted by atomic mass is 19.1. The Kier molecular flexibility index (Phi) is 5.00. The van der Waals surface area contributed by atoms with Gasteiger partial charge in [0.1, 0.15) is 23.0 Å². The molecular weight excluding hydrogens is 352 g/mol. The first-order chi connectivity index (χ1) is 13.1. The molecule has 2 aromatic heterocycles. The van der Waals surface area contributed by atoms with Gasteiger partial charge in [0.25, 0.3) is 0 Å². The molecule has 0 spiro atoms. The highest BCUT2D eigenvalue weighted by Crippen LogP contribution is 2.32. The number of ether oxygens (including phenoxy) is 1. The Bertz CT molecular complexity index is 930. The van der Waals surface area contributed by atoms with Crippen LogP contribution in [-0.2, 0) is 18.3 Å². The molecule has 0 saturated carbocycles. The van der Waals surface area contributed by atoms with Gasteiger partial charge in [0.2, 0.25) is 0 Å². The Morgan fingerprint density at radius 2 is 1.93 bits per heavy atom. The lowest BCUT2D eigenvalue weighted by Gasteiger charge is -2.26. The van der Waals surface area contributed by atoms with Gasteiger partial charge < -0.3 is 13.9 Å². The second kappa shape index (κ2) is 7.58. The van der Waals surface area contributed by atoms with Gasteiger partial charge in [0.15, 0.2) is 5.82 Å². The van der Waals surface area contributed by atoms with Crippen molar-refractivity contribution in [3.63, 3.8) is 0 Å². The van der Waals surface area contributed by atoms with Crippen molar-refractivity contribution in [3.8, 4) is 22.8 Å². The Morgan fingerprint density at radius 3 is 2.63 bits per heavy atom. The number of hydrogen-bond donors (Lipinski definition) is 0. The molecule has 3 heterocycles. The van der Waals surface area contributed by atoms with Crippen LogP contribution < -0.4 is 0 Å². The number of aromatic nitrogens is 4. The summed E-state index contributed by atoms with van der Waals surface area (Å²) in [5.41, 5.74) is 1.45. The highest BCUT2D eigenvalue weighted by Gasteiger charge is 2.21. The van der Waals surface area contributed by atoms with E-state index in [0.717, 1.165) is 44.6 Å². The van der Waals surface area contributed by atoms with Crippen molar-refractivity contribution in [3.05, 3.63) is 48.6 Å². The SMILES string of the molecule is Cn1ccnc1-c1c(-c2ccc(F)cc2F)ncn1CCN1CCOCC1. The summed E-state index contributed by atoms with van der Waals surface area (Å²) < 4.78 is 37.0. The fourth-order valence-electron chi connectivity index (χ4n) is 3.33. The number of aryl methyl sites for hydroxylation is 1. The summed E-state index contributed by atoms with van der Waals surface area (Å²) >= 11 is 0. The first kappa shape index (κ1) is 17.8. The van der Waals surface area contributed by atoms with Crippen LogP contribution in [-0.4, -0.2) is 56.9 Å². The molecule has 0 amide bonds. The van der Waals surface area contributed by atoms with Crippen LogP contribution >= 0.6 is 0 Å². The first-order valence-corrected chi connectivity index (χ1v) is 8.92. The largest absolute Gasteiger partial charge is 0.379 e. The molecule has 0 radical (unpaired) electrons. The number of rotatable bonds is 5. The van der Waals surface area contributed by atoms with E-state index >= 15 is 0 Å². The third kappa shape index (κ3) is 3.63. The zero-order valence-electron chi connectivity index (χ0n) is 15.1. The van der Waals surface area contributed by atoms with Crippen molar-refractivity contribution >= 4 is 0 Å². The smallest absolute Gasteiger partial charge is 0.158 e. The van der Waals surface area contributed by atoms with E-state index in [0.29, 0.717) is 18.1 Å². The van der Waals surface area contributed by atoms with Crippen LogP contribution in [0.4, 0.5) is 8.78 Å². The van der Waals surface area contributed by atoms with Crippen molar-refractivity contribution < 1.29 is 13.5 Å². The van der Waals surface area contributed by atoms with Gasteiger partial charge in [-0.3, -0.25) is 4.90 Å². The highest BCUT2D eigenvalue weighted by molar-refractivity contribution is 5.76. The van der Waals surface area contributed by atoms with E-state index in [1.165, 1.54) is 12.1 Å². The number of hydrogen-bond acceptors (Lipinski definition) is 4. The Hall–Kier alpha value is -2.58. The van der Waals surface area contributed by atoms with E-state index in [4.69, 9.17) is 4.74 Å². The van der Waals surface area contributed by atoms with Gasteiger partial charge in [-0.15, -0.1) is 0 Å². The van der Waals surface area contributed by atoms with E-state index in [1.807, 2.05) is 22.4 Å². The third-order valence-corrected chi connectivity index (χ3v) is 4.82. The minimum Gasteiger partial charge on any atom is -0.379 e. The van der Waals surface area contributed by atoms with Gasteiger partial charge in [0.05, 0.1) is 19.5 Å². The summed E-state index contributed by atoms with van der Waals surface area (Å²) in [7, 11) is 1.88. The van der Waals surface area contributed by atoms with Crippen molar-refractivity contribution in [2.24, 2.45) is 7.05 Å². The lowest BCUT2D eigenvalue weighted by atomic mass is 10.1. The van der Waals surface area contributed by atoms with Crippen molar-refractivity contribution in [2.75, 3.05) is 32.8 Å². The Morgan fingerprint density at radius 1 is 1.11 bits per heavy atom. The predicted molar refractivity (Wildman–Crippen MR) is 97.0 cm³/mol. The van der Waals surface area contributed by atoms with Crippen LogP contribution in [0.2, 0.25) is 0 Å².